The largest absolute Gasteiger partial charge is 0.271 e. The maximum Gasteiger partial charge on any atom is 0.128 e. The molecule has 0 bridgehead atoms. The van der Waals surface area contributed by atoms with Crippen molar-refractivity contribution in [3.63, 3.8) is 0 Å². The van der Waals surface area contributed by atoms with E-state index in [0.717, 1.165) is 28.3 Å². The maximum absolute atomic E-state index is 13.9. The van der Waals surface area contributed by atoms with Crippen LogP contribution >= 0.6 is 11.3 Å². The standard InChI is InChI=1S/C15H11F3N2S/c16-9-3-4-12(18)11(6-9)15(20-19)14-5-8-1-2-10(17)7-13(8)21-14/h1-7,15,20H,19H2. The van der Waals surface area contributed by atoms with E-state index < -0.39 is 17.7 Å². The summed E-state index contributed by atoms with van der Waals surface area (Å²) < 4.78 is 41.2. The minimum absolute atomic E-state index is 0.115. The van der Waals surface area contributed by atoms with E-state index in [1.165, 1.54) is 23.5 Å². The lowest BCUT2D eigenvalue weighted by Crippen LogP contribution is -2.29. The second-order valence-electron chi connectivity index (χ2n) is 4.60. The van der Waals surface area contributed by atoms with E-state index in [0.29, 0.717) is 4.88 Å². The molecule has 0 amide bonds. The van der Waals surface area contributed by atoms with Gasteiger partial charge in [-0.25, -0.2) is 18.6 Å². The minimum atomic E-state index is -0.693. The van der Waals surface area contributed by atoms with Crippen molar-refractivity contribution in [3.8, 4) is 0 Å². The Morgan fingerprint density at radius 2 is 1.67 bits per heavy atom. The molecule has 0 radical (unpaired) electrons. The lowest BCUT2D eigenvalue weighted by Gasteiger charge is -2.15. The van der Waals surface area contributed by atoms with Crippen LogP contribution in [0.25, 0.3) is 10.1 Å². The third-order valence-corrected chi connectivity index (χ3v) is 4.38. The van der Waals surface area contributed by atoms with Crippen molar-refractivity contribution >= 4 is 21.4 Å². The summed E-state index contributed by atoms with van der Waals surface area (Å²) in [6, 6.07) is 8.70. The highest BCUT2D eigenvalue weighted by molar-refractivity contribution is 7.19. The van der Waals surface area contributed by atoms with Gasteiger partial charge in [-0.1, -0.05) is 6.07 Å². The highest BCUT2D eigenvalue weighted by atomic mass is 32.1. The molecule has 0 aliphatic rings. The molecule has 2 aromatic carbocycles. The summed E-state index contributed by atoms with van der Waals surface area (Å²) >= 11 is 1.28. The first-order valence-corrected chi connectivity index (χ1v) is 7.00. The molecular weight excluding hydrogens is 297 g/mol. The summed E-state index contributed by atoms with van der Waals surface area (Å²) in [5.41, 5.74) is 2.60. The molecule has 1 heterocycles. The fourth-order valence-electron chi connectivity index (χ4n) is 2.23. The third kappa shape index (κ3) is 2.65. The average Bonchev–Trinajstić information content (AvgIpc) is 2.86. The molecule has 1 atom stereocenters. The predicted octanol–water partition coefficient (Wildman–Crippen LogP) is 3.87. The van der Waals surface area contributed by atoms with Gasteiger partial charge >= 0.3 is 0 Å². The average molecular weight is 308 g/mol. The third-order valence-electron chi connectivity index (χ3n) is 3.22. The second-order valence-corrected chi connectivity index (χ2v) is 5.71. The van der Waals surface area contributed by atoms with Gasteiger partial charge in [0.2, 0.25) is 0 Å². The van der Waals surface area contributed by atoms with E-state index in [9.17, 15) is 13.2 Å². The molecule has 1 aromatic heterocycles. The molecular formula is C15H11F3N2S. The molecule has 3 aromatic rings. The first-order valence-electron chi connectivity index (χ1n) is 6.18. The molecule has 0 saturated carbocycles. The van der Waals surface area contributed by atoms with Crippen LogP contribution in [-0.4, -0.2) is 0 Å². The van der Waals surface area contributed by atoms with Crippen LogP contribution in [0.3, 0.4) is 0 Å². The van der Waals surface area contributed by atoms with E-state index >= 15 is 0 Å². The van der Waals surface area contributed by atoms with Gasteiger partial charge in [0.25, 0.3) is 0 Å². The number of nitrogens with one attached hydrogen (secondary N) is 1. The molecule has 0 saturated heterocycles. The first kappa shape index (κ1) is 14.1. The number of halogens is 3. The molecule has 3 N–H and O–H groups in total. The zero-order valence-electron chi connectivity index (χ0n) is 10.7. The predicted molar refractivity (Wildman–Crippen MR) is 77.3 cm³/mol. The Balaban J connectivity index is 2.11. The van der Waals surface area contributed by atoms with Gasteiger partial charge in [0, 0.05) is 15.1 Å². The van der Waals surface area contributed by atoms with E-state index in [1.54, 1.807) is 12.1 Å². The number of fused-ring (bicyclic) bond motifs is 1. The fourth-order valence-corrected chi connectivity index (χ4v) is 3.40. The Hall–Kier alpha value is -1.89. The van der Waals surface area contributed by atoms with Crippen molar-refractivity contribution in [2.24, 2.45) is 5.84 Å². The Kier molecular flexibility index (Phi) is 3.67. The monoisotopic (exact) mass is 308 g/mol. The number of nitrogens with two attached hydrogens (primary N) is 1. The normalized spacial score (nSPS) is 12.8. The van der Waals surface area contributed by atoms with Gasteiger partial charge in [-0.05, 0) is 41.8 Å². The Bertz CT molecular complexity index is 801. The number of thiophene rings is 1. The van der Waals surface area contributed by atoms with Crippen LogP contribution in [0.1, 0.15) is 16.5 Å². The zero-order chi connectivity index (χ0) is 15.0. The minimum Gasteiger partial charge on any atom is -0.271 e. The highest BCUT2D eigenvalue weighted by Gasteiger charge is 2.19. The molecule has 6 heteroatoms. The van der Waals surface area contributed by atoms with Crippen LogP contribution in [0, 0.1) is 17.5 Å². The van der Waals surface area contributed by atoms with E-state index in [4.69, 9.17) is 5.84 Å². The van der Waals surface area contributed by atoms with E-state index in [2.05, 4.69) is 5.43 Å². The molecule has 0 aliphatic heterocycles. The Morgan fingerprint density at radius 1 is 0.952 bits per heavy atom. The molecule has 0 spiro atoms. The van der Waals surface area contributed by atoms with Crippen molar-refractivity contribution < 1.29 is 13.2 Å². The van der Waals surface area contributed by atoms with Crippen molar-refractivity contribution in [3.05, 3.63) is 70.4 Å². The quantitative estimate of drug-likeness (QED) is 0.569. The first-order chi connectivity index (χ1) is 10.1. The van der Waals surface area contributed by atoms with Gasteiger partial charge < -0.3 is 0 Å². The van der Waals surface area contributed by atoms with Crippen LogP contribution in [0.4, 0.5) is 13.2 Å². The van der Waals surface area contributed by atoms with E-state index in [-0.39, 0.29) is 11.4 Å². The molecule has 0 fully saturated rings. The van der Waals surface area contributed by atoms with Gasteiger partial charge in [-0.3, -0.25) is 5.84 Å². The van der Waals surface area contributed by atoms with Crippen molar-refractivity contribution in [2.45, 2.75) is 6.04 Å². The van der Waals surface area contributed by atoms with Crippen molar-refractivity contribution in [1.29, 1.82) is 0 Å². The van der Waals surface area contributed by atoms with Gasteiger partial charge in [0.05, 0.1) is 6.04 Å². The summed E-state index contributed by atoms with van der Waals surface area (Å²) in [7, 11) is 0. The Morgan fingerprint density at radius 3 is 2.43 bits per heavy atom. The molecule has 21 heavy (non-hydrogen) atoms. The van der Waals surface area contributed by atoms with Crippen LogP contribution in [0.15, 0.2) is 42.5 Å². The highest BCUT2D eigenvalue weighted by Crippen LogP contribution is 2.34. The van der Waals surface area contributed by atoms with Gasteiger partial charge in [-0.15, -0.1) is 11.3 Å². The van der Waals surface area contributed by atoms with Gasteiger partial charge in [0.1, 0.15) is 17.5 Å². The number of hydrogen-bond acceptors (Lipinski definition) is 3. The number of rotatable bonds is 3. The van der Waals surface area contributed by atoms with Crippen molar-refractivity contribution in [1.82, 2.24) is 5.43 Å². The number of hydrazine groups is 1. The van der Waals surface area contributed by atoms with Gasteiger partial charge in [-0.2, -0.15) is 0 Å². The lowest BCUT2D eigenvalue weighted by atomic mass is 10.0. The number of hydrogen-bond donors (Lipinski definition) is 2. The lowest BCUT2D eigenvalue weighted by molar-refractivity contribution is 0.549. The van der Waals surface area contributed by atoms with Crippen molar-refractivity contribution in [2.75, 3.05) is 0 Å². The Labute approximate surface area is 123 Å². The number of benzene rings is 2. The molecule has 3 rings (SSSR count). The molecule has 0 aliphatic carbocycles. The van der Waals surface area contributed by atoms with Crippen LogP contribution in [-0.2, 0) is 0 Å². The van der Waals surface area contributed by atoms with Crippen LogP contribution in [0.5, 0.6) is 0 Å². The summed E-state index contributed by atoms with van der Waals surface area (Å²) in [6.45, 7) is 0. The summed E-state index contributed by atoms with van der Waals surface area (Å²) in [6.07, 6.45) is 0. The zero-order valence-corrected chi connectivity index (χ0v) is 11.6. The topological polar surface area (TPSA) is 38.0 Å². The van der Waals surface area contributed by atoms with Crippen LogP contribution in [0.2, 0.25) is 0 Å². The SMILES string of the molecule is NNC(c1cc2ccc(F)cc2s1)c1cc(F)ccc1F. The van der Waals surface area contributed by atoms with Crippen LogP contribution < -0.4 is 11.3 Å². The second kappa shape index (κ2) is 5.48. The van der Waals surface area contributed by atoms with Gasteiger partial charge in [0.15, 0.2) is 0 Å². The molecule has 108 valence electrons. The maximum atomic E-state index is 13.9. The smallest absolute Gasteiger partial charge is 0.128 e. The molecule has 1 unspecified atom stereocenters. The fraction of sp³-hybridized carbons (Fsp3) is 0.0667. The summed E-state index contributed by atoms with van der Waals surface area (Å²) in [4.78, 5) is 0.683. The van der Waals surface area contributed by atoms with E-state index in [1.807, 2.05) is 0 Å². The summed E-state index contributed by atoms with van der Waals surface area (Å²) in [5.74, 6) is 4.06. The summed E-state index contributed by atoms with van der Waals surface area (Å²) in [5, 5.41) is 0.827. The molecule has 2 nitrogen and oxygen atoms in total.